The van der Waals surface area contributed by atoms with E-state index >= 15 is 0 Å². The average molecular weight is 377 g/mol. The van der Waals surface area contributed by atoms with Gasteiger partial charge in [0.1, 0.15) is 5.82 Å². The first-order valence-corrected chi connectivity index (χ1v) is 9.26. The normalized spacial score (nSPS) is 10.8. The van der Waals surface area contributed by atoms with Crippen LogP contribution in [0.1, 0.15) is 4.88 Å². The molecule has 6 nitrogen and oxygen atoms in total. The van der Waals surface area contributed by atoms with Gasteiger partial charge in [-0.1, -0.05) is 30.0 Å². The number of nitrogen functional groups attached to an aromatic ring is 1. The van der Waals surface area contributed by atoms with E-state index in [0.29, 0.717) is 23.1 Å². The number of benzene rings is 1. The number of nitrogens with two attached hydrogens (primary N) is 1. The lowest BCUT2D eigenvalue weighted by atomic mass is 10.2. The number of nitrogens with zero attached hydrogens (tertiary/aromatic N) is 4. The molecule has 130 valence electrons. The second-order valence-electron chi connectivity index (χ2n) is 5.30. The van der Waals surface area contributed by atoms with Crippen LogP contribution in [0, 0.1) is 5.82 Å². The summed E-state index contributed by atoms with van der Waals surface area (Å²) in [5.74, 6) is 6.12. The lowest BCUT2D eigenvalue weighted by Crippen LogP contribution is -2.27. The van der Waals surface area contributed by atoms with Crippen molar-refractivity contribution in [3.63, 3.8) is 0 Å². The molecule has 0 fully saturated rings. The minimum absolute atomic E-state index is 0.0336. The predicted octanol–water partition coefficient (Wildman–Crippen LogP) is 2.61. The van der Waals surface area contributed by atoms with Crippen molar-refractivity contribution >= 4 is 29.0 Å². The Labute approximate surface area is 152 Å². The molecule has 0 saturated heterocycles. The lowest BCUT2D eigenvalue weighted by Gasteiger charge is -2.15. The zero-order valence-corrected chi connectivity index (χ0v) is 15.1. The molecule has 0 aliphatic rings. The van der Waals surface area contributed by atoms with E-state index in [0.717, 1.165) is 4.88 Å². The Morgan fingerprint density at radius 2 is 2.20 bits per heavy atom. The van der Waals surface area contributed by atoms with Crippen molar-refractivity contribution in [3.05, 3.63) is 52.5 Å². The van der Waals surface area contributed by atoms with E-state index in [9.17, 15) is 9.18 Å². The van der Waals surface area contributed by atoms with Gasteiger partial charge in [0, 0.05) is 17.5 Å². The number of carbonyl (C=O) groups excluding carboxylic acids is 1. The van der Waals surface area contributed by atoms with Gasteiger partial charge in [0.2, 0.25) is 11.1 Å². The second kappa shape index (κ2) is 7.66. The standard InChI is InChI=1S/C16H16FN5OS2/c1-21(9-13-6-3-7-24-13)14(23)10-25-16-20-19-15(22(16)18)11-4-2-5-12(17)8-11/h2-8H,9-10,18H2,1H3. The van der Waals surface area contributed by atoms with Gasteiger partial charge in [-0.05, 0) is 23.6 Å². The first-order valence-electron chi connectivity index (χ1n) is 7.40. The van der Waals surface area contributed by atoms with Crippen molar-refractivity contribution in [2.24, 2.45) is 0 Å². The van der Waals surface area contributed by atoms with E-state index in [-0.39, 0.29) is 17.5 Å². The second-order valence-corrected chi connectivity index (χ2v) is 7.28. The largest absolute Gasteiger partial charge is 0.340 e. The van der Waals surface area contributed by atoms with Crippen LogP contribution in [0.25, 0.3) is 11.4 Å². The summed E-state index contributed by atoms with van der Waals surface area (Å²) in [5.41, 5.74) is 0.531. The van der Waals surface area contributed by atoms with Gasteiger partial charge < -0.3 is 10.7 Å². The molecule has 25 heavy (non-hydrogen) atoms. The monoisotopic (exact) mass is 377 g/mol. The van der Waals surface area contributed by atoms with Crippen molar-refractivity contribution in [2.75, 3.05) is 18.6 Å². The van der Waals surface area contributed by atoms with Gasteiger partial charge in [-0.2, -0.15) is 0 Å². The maximum atomic E-state index is 13.3. The molecule has 3 aromatic rings. The third kappa shape index (κ3) is 4.18. The van der Waals surface area contributed by atoms with E-state index in [1.165, 1.54) is 28.6 Å². The first kappa shape index (κ1) is 17.4. The van der Waals surface area contributed by atoms with Crippen LogP contribution in [0.5, 0.6) is 0 Å². The molecule has 0 aliphatic heterocycles. The minimum atomic E-state index is -0.375. The van der Waals surface area contributed by atoms with Crippen LogP contribution in [-0.2, 0) is 11.3 Å². The van der Waals surface area contributed by atoms with Crippen LogP contribution in [0.2, 0.25) is 0 Å². The minimum Gasteiger partial charge on any atom is -0.340 e. The van der Waals surface area contributed by atoms with Gasteiger partial charge >= 0.3 is 0 Å². The van der Waals surface area contributed by atoms with Crippen LogP contribution < -0.4 is 5.84 Å². The highest BCUT2D eigenvalue weighted by molar-refractivity contribution is 7.99. The zero-order chi connectivity index (χ0) is 17.8. The topological polar surface area (TPSA) is 77.0 Å². The fourth-order valence-electron chi connectivity index (χ4n) is 2.16. The molecule has 3 rings (SSSR count). The summed E-state index contributed by atoms with van der Waals surface area (Å²) < 4.78 is 14.6. The molecule has 0 bridgehead atoms. The molecule has 9 heteroatoms. The van der Waals surface area contributed by atoms with Crippen LogP contribution in [-0.4, -0.2) is 38.5 Å². The maximum absolute atomic E-state index is 13.3. The number of amides is 1. The highest BCUT2D eigenvalue weighted by atomic mass is 32.2. The molecule has 0 atom stereocenters. The van der Waals surface area contributed by atoms with E-state index in [4.69, 9.17) is 5.84 Å². The molecule has 2 aromatic heterocycles. The fraction of sp³-hybridized carbons (Fsp3) is 0.188. The summed E-state index contributed by atoms with van der Waals surface area (Å²) in [6.45, 7) is 0.570. The summed E-state index contributed by atoms with van der Waals surface area (Å²) >= 11 is 2.81. The molecule has 2 N–H and O–H groups in total. The molecule has 1 amide bonds. The number of hydrogen-bond donors (Lipinski definition) is 1. The number of thiophene rings is 1. The summed E-state index contributed by atoms with van der Waals surface area (Å²) in [6.07, 6.45) is 0. The number of aromatic nitrogens is 3. The SMILES string of the molecule is CN(Cc1cccs1)C(=O)CSc1nnc(-c2cccc(F)c2)n1N. The smallest absolute Gasteiger partial charge is 0.233 e. The highest BCUT2D eigenvalue weighted by Crippen LogP contribution is 2.22. The molecule has 0 radical (unpaired) electrons. The van der Waals surface area contributed by atoms with Crippen molar-refractivity contribution in [1.29, 1.82) is 0 Å². The van der Waals surface area contributed by atoms with Crippen molar-refractivity contribution < 1.29 is 9.18 Å². The van der Waals surface area contributed by atoms with Crippen LogP contribution in [0.3, 0.4) is 0 Å². The predicted molar refractivity (Wildman–Crippen MR) is 97.1 cm³/mol. The molecule has 0 saturated carbocycles. The quantitative estimate of drug-likeness (QED) is 0.528. The van der Waals surface area contributed by atoms with Crippen LogP contribution in [0.15, 0.2) is 46.9 Å². The van der Waals surface area contributed by atoms with Crippen molar-refractivity contribution in [2.45, 2.75) is 11.7 Å². The summed E-state index contributed by atoms with van der Waals surface area (Å²) in [5, 5.41) is 10.4. The number of rotatable bonds is 6. The average Bonchev–Trinajstić information content (AvgIpc) is 3.22. The van der Waals surface area contributed by atoms with E-state index in [2.05, 4.69) is 10.2 Å². The summed E-state index contributed by atoms with van der Waals surface area (Å²) in [6, 6.07) is 9.90. The van der Waals surface area contributed by atoms with Crippen molar-refractivity contribution in [3.8, 4) is 11.4 Å². The number of thioether (sulfide) groups is 1. The number of halogens is 1. The third-order valence-corrected chi connectivity index (χ3v) is 5.26. The molecular weight excluding hydrogens is 361 g/mol. The van der Waals surface area contributed by atoms with Gasteiger partial charge in [0.15, 0.2) is 5.82 Å². The Morgan fingerprint density at radius 3 is 2.92 bits per heavy atom. The Hall–Kier alpha value is -2.39. The molecule has 0 aliphatic carbocycles. The fourth-order valence-corrected chi connectivity index (χ4v) is 3.72. The highest BCUT2D eigenvalue weighted by Gasteiger charge is 2.16. The number of hydrogen-bond acceptors (Lipinski definition) is 6. The molecule has 0 spiro atoms. The van der Waals surface area contributed by atoms with Gasteiger partial charge in [-0.3, -0.25) is 4.79 Å². The Bertz CT molecular complexity index is 865. The van der Waals surface area contributed by atoms with E-state index in [1.54, 1.807) is 35.4 Å². The zero-order valence-electron chi connectivity index (χ0n) is 13.4. The van der Waals surface area contributed by atoms with Gasteiger partial charge in [-0.25, -0.2) is 9.07 Å². The van der Waals surface area contributed by atoms with Gasteiger partial charge in [-0.15, -0.1) is 21.5 Å². The molecule has 0 unspecified atom stereocenters. The van der Waals surface area contributed by atoms with Crippen molar-refractivity contribution in [1.82, 2.24) is 19.8 Å². The van der Waals surface area contributed by atoms with E-state index in [1.807, 2.05) is 17.5 Å². The molecule has 1 aromatic carbocycles. The first-order chi connectivity index (χ1) is 12.0. The Balaban J connectivity index is 1.63. The lowest BCUT2D eigenvalue weighted by molar-refractivity contribution is -0.127. The van der Waals surface area contributed by atoms with Crippen LogP contribution >= 0.6 is 23.1 Å². The Kier molecular flexibility index (Phi) is 5.34. The summed E-state index contributed by atoms with van der Waals surface area (Å²) in [7, 11) is 1.76. The van der Waals surface area contributed by atoms with Crippen LogP contribution in [0.4, 0.5) is 4.39 Å². The molecule has 2 heterocycles. The third-order valence-electron chi connectivity index (χ3n) is 3.47. The summed E-state index contributed by atoms with van der Waals surface area (Å²) in [4.78, 5) is 15.0. The number of carbonyl (C=O) groups is 1. The van der Waals surface area contributed by atoms with Gasteiger partial charge in [0.05, 0.1) is 12.3 Å². The molecular formula is C16H16FN5OS2. The van der Waals surface area contributed by atoms with E-state index < -0.39 is 0 Å². The Morgan fingerprint density at radius 1 is 1.36 bits per heavy atom. The van der Waals surface area contributed by atoms with Gasteiger partial charge in [0.25, 0.3) is 0 Å². The maximum Gasteiger partial charge on any atom is 0.233 e.